The quantitative estimate of drug-likeness (QED) is 0.803. The Kier molecular flexibility index (Phi) is 3.67. The van der Waals surface area contributed by atoms with Gasteiger partial charge in [0.15, 0.2) is 5.76 Å². The van der Waals surface area contributed by atoms with Crippen LogP contribution in [0.1, 0.15) is 29.5 Å². The number of pyridine rings is 1. The molecule has 2 aromatic heterocycles. The van der Waals surface area contributed by atoms with Gasteiger partial charge < -0.3 is 9.52 Å². The summed E-state index contributed by atoms with van der Waals surface area (Å²) in [6, 6.07) is 14.1. The van der Waals surface area contributed by atoms with Gasteiger partial charge in [-0.3, -0.25) is 4.98 Å². The maximum Gasteiger partial charge on any atom is 0.224 e. The number of fused-ring (bicyclic) bond motifs is 1. The average molecular weight is 306 g/mol. The summed E-state index contributed by atoms with van der Waals surface area (Å²) in [4.78, 5) is 8.52. The third kappa shape index (κ3) is 2.78. The van der Waals surface area contributed by atoms with Crippen molar-refractivity contribution in [3.05, 3.63) is 71.9 Å². The molecular formula is C19H18N2O2. The Labute approximate surface area is 134 Å². The molecule has 0 fully saturated rings. The standard InChI is InChI=1S/C19H18N2O2/c22-18(15-9-8-13-5-1-2-6-14(13)11-15)19-21-12-17(23-19)16-7-3-4-10-20-16/h1-7,10,12,15,18,22H,8-9,11H2. The topological polar surface area (TPSA) is 59.2 Å². The number of oxazole rings is 1. The molecule has 0 saturated carbocycles. The molecule has 4 nitrogen and oxygen atoms in total. The summed E-state index contributed by atoms with van der Waals surface area (Å²) in [6.07, 6.45) is 5.47. The predicted molar refractivity (Wildman–Crippen MR) is 86.7 cm³/mol. The zero-order chi connectivity index (χ0) is 15.6. The number of nitrogens with zero attached hydrogens (tertiary/aromatic N) is 2. The molecule has 4 heteroatoms. The molecule has 1 aliphatic carbocycles. The minimum Gasteiger partial charge on any atom is -0.436 e. The van der Waals surface area contributed by atoms with E-state index in [9.17, 15) is 5.11 Å². The van der Waals surface area contributed by atoms with E-state index in [1.54, 1.807) is 12.4 Å². The Hall–Kier alpha value is -2.46. The number of aromatic nitrogens is 2. The van der Waals surface area contributed by atoms with Crippen molar-refractivity contribution in [2.24, 2.45) is 5.92 Å². The third-order valence-corrected chi connectivity index (χ3v) is 4.53. The minimum atomic E-state index is -0.680. The molecular weight excluding hydrogens is 288 g/mol. The highest BCUT2D eigenvalue weighted by molar-refractivity contribution is 5.49. The van der Waals surface area contributed by atoms with Gasteiger partial charge in [-0.1, -0.05) is 30.3 Å². The number of rotatable bonds is 3. The average Bonchev–Trinajstić information content (AvgIpc) is 3.11. The van der Waals surface area contributed by atoms with Crippen molar-refractivity contribution in [3.63, 3.8) is 0 Å². The molecule has 0 spiro atoms. The summed E-state index contributed by atoms with van der Waals surface area (Å²) in [6.45, 7) is 0. The highest BCUT2D eigenvalue weighted by atomic mass is 16.4. The van der Waals surface area contributed by atoms with E-state index < -0.39 is 6.10 Å². The van der Waals surface area contributed by atoms with Gasteiger partial charge in [0.05, 0.1) is 6.20 Å². The Balaban J connectivity index is 1.54. The van der Waals surface area contributed by atoms with Crippen LogP contribution in [0.15, 0.2) is 59.3 Å². The zero-order valence-corrected chi connectivity index (χ0v) is 12.7. The smallest absolute Gasteiger partial charge is 0.224 e. The fourth-order valence-corrected chi connectivity index (χ4v) is 3.25. The molecule has 0 aliphatic heterocycles. The third-order valence-electron chi connectivity index (χ3n) is 4.53. The van der Waals surface area contributed by atoms with Crippen LogP contribution in [-0.4, -0.2) is 15.1 Å². The monoisotopic (exact) mass is 306 g/mol. The van der Waals surface area contributed by atoms with Crippen LogP contribution >= 0.6 is 0 Å². The summed E-state index contributed by atoms with van der Waals surface area (Å²) in [5, 5.41) is 10.7. The fraction of sp³-hybridized carbons (Fsp3) is 0.263. The van der Waals surface area contributed by atoms with Crippen molar-refractivity contribution in [2.45, 2.75) is 25.4 Å². The van der Waals surface area contributed by atoms with Gasteiger partial charge in [0.2, 0.25) is 5.89 Å². The van der Waals surface area contributed by atoms with Crippen molar-refractivity contribution >= 4 is 0 Å². The number of benzene rings is 1. The number of aliphatic hydroxyl groups excluding tert-OH is 1. The lowest BCUT2D eigenvalue weighted by Gasteiger charge is -2.26. The zero-order valence-electron chi connectivity index (χ0n) is 12.7. The Morgan fingerprint density at radius 1 is 1.04 bits per heavy atom. The molecule has 0 radical (unpaired) electrons. The number of hydrogen-bond acceptors (Lipinski definition) is 4. The molecule has 4 rings (SSSR count). The normalized spacial score (nSPS) is 18.4. The molecule has 0 amide bonds. The number of aliphatic hydroxyl groups is 1. The van der Waals surface area contributed by atoms with Gasteiger partial charge in [-0.25, -0.2) is 4.98 Å². The molecule has 23 heavy (non-hydrogen) atoms. The lowest BCUT2D eigenvalue weighted by Crippen LogP contribution is -2.21. The van der Waals surface area contributed by atoms with Crippen LogP contribution in [0.5, 0.6) is 0 Å². The van der Waals surface area contributed by atoms with E-state index in [1.165, 1.54) is 11.1 Å². The molecule has 2 atom stereocenters. The first-order valence-corrected chi connectivity index (χ1v) is 7.93. The van der Waals surface area contributed by atoms with Crippen LogP contribution in [0.2, 0.25) is 0 Å². The Morgan fingerprint density at radius 3 is 2.70 bits per heavy atom. The van der Waals surface area contributed by atoms with Crippen LogP contribution in [0, 0.1) is 5.92 Å². The van der Waals surface area contributed by atoms with E-state index in [0.29, 0.717) is 11.7 Å². The lowest BCUT2D eigenvalue weighted by molar-refractivity contribution is 0.0737. The SMILES string of the molecule is OC(c1ncc(-c2ccccn2)o1)C1CCc2ccccc2C1. The predicted octanol–water partition coefficient (Wildman–Crippen LogP) is 3.58. The first-order valence-electron chi connectivity index (χ1n) is 7.93. The number of aryl methyl sites for hydroxylation is 1. The molecule has 0 bridgehead atoms. The van der Waals surface area contributed by atoms with Gasteiger partial charge in [0.1, 0.15) is 11.8 Å². The van der Waals surface area contributed by atoms with E-state index in [-0.39, 0.29) is 5.92 Å². The van der Waals surface area contributed by atoms with Crippen molar-refractivity contribution in [1.29, 1.82) is 0 Å². The maximum absolute atomic E-state index is 10.7. The fourth-order valence-electron chi connectivity index (χ4n) is 3.25. The van der Waals surface area contributed by atoms with Crippen molar-refractivity contribution in [1.82, 2.24) is 9.97 Å². The van der Waals surface area contributed by atoms with Gasteiger partial charge in [0.25, 0.3) is 0 Å². The maximum atomic E-state index is 10.7. The largest absolute Gasteiger partial charge is 0.436 e. The van der Waals surface area contributed by atoms with E-state index in [1.807, 2.05) is 18.2 Å². The van der Waals surface area contributed by atoms with E-state index in [2.05, 4.69) is 34.2 Å². The molecule has 3 aromatic rings. The van der Waals surface area contributed by atoms with E-state index in [4.69, 9.17) is 4.42 Å². The molecule has 2 unspecified atom stereocenters. The van der Waals surface area contributed by atoms with Crippen molar-refractivity contribution in [3.8, 4) is 11.5 Å². The van der Waals surface area contributed by atoms with Crippen LogP contribution in [0.4, 0.5) is 0 Å². The molecule has 2 heterocycles. The Bertz CT molecular complexity index is 798. The second-order valence-corrected chi connectivity index (χ2v) is 5.99. The minimum absolute atomic E-state index is 0.139. The van der Waals surface area contributed by atoms with Gasteiger partial charge >= 0.3 is 0 Å². The van der Waals surface area contributed by atoms with Crippen molar-refractivity contribution < 1.29 is 9.52 Å². The van der Waals surface area contributed by atoms with Gasteiger partial charge in [-0.05, 0) is 48.4 Å². The summed E-state index contributed by atoms with van der Waals surface area (Å²) >= 11 is 0. The first-order chi connectivity index (χ1) is 11.3. The highest BCUT2D eigenvalue weighted by Crippen LogP contribution is 2.34. The van der Waals surface area contributed by atoms with Gasteiger partial charge in [-0.15, -0.1) is 0 Å². The lowest BCUT2D eigenvalue weighted by atomic mass is 9.81. The second-order valence-electron chi connectivity index (χ2n) is 5.99. The van der Waals surface area contributed by atoms with E-state index in [0.717, 1.165) is 25.0 Å². The van der Waals surface area contributed by atoms with Crippen LogP contribution in [0.25, 0.3) is 11.5 Å². The molecule has 1 N–H and O–H groups in total. The second kappa shape index (κ2) is 5.97. The summed E-state index contributed by atoms with van der Waals surface area (Å²) in [5.41, 5.74) is 3.43. The first kappa shape index (κ1) is 14.2. The van der Waals surface area contributed by atoms with Gasteiger partial charge in [-0.2, -0.15) is 0 Å². The highest BCUT2D eigenvalue weighted by Gasteiger charge is 2.29. The summed E-state index contributed by atoms with van der Waals surface area (Å²) in [5.74, 6) is 1.12. The number of hydrogen-bond donors (Lipinski definition) is 1. The Morgan fingerprint density at radius 2 is 1.87 bits per heavy atom. The molecule has 0 saturated heterocycles. The molecule has 1 aliphatic rings. The summed E-state index contributed by atoms with van der Waals surface area (Å²) < 4.78 is 5.75. The van der Waals surface area contributed by atoms with Crippen molar-refractivity contribution in [2.75, 3.05) is 0 Å². The van der Waals surface area contributed by atoms with Gasteiger partial charge in [0, 0.05) is 6.20 Å². The molecule has 116 valence electrons. The van der Waals surface area contributed by atoms with E-state index >= 15 is 0 Å². The van der Waals surface area contributed by atoms with Crippen LogP contribution in [-0.2, 0) is 12.8 Å². The summed E-state index contributed by atoms with van der Waals surface area (Å²) in [7, 11) is 0. The molecule has 1 aromatic carbocycles. The van der Waals surface area contributed by atoms with Crippen LogP contribution < -0.4 is 0 Å². The van der Waals surface area contributed by atoms with Crippen LogP contribution in [0.3, 0.4) is 0 Å².